The first kappa shape index (κ1) is 21.0. The van der Waals surface area contributed by atoms with Crippen LogP contribution < -0.4 is 10.1 Å². The van der Waals surface area contributed by atoms with Gasteiger partial charge in [0.15, 0.2) is 16.7 Å². The molecule has 9 heteroatoms. The zero-order chi connectivity index (χ0) is 21.6. The number of aromatic nitrogens is 3. The fourth-order valence-corrected chi connectivity index (χ4v) is 3.83. The Kier molecular flexibility index (Phi) is 6.59. The number of hydrogen-bond acceptors (Lipinski definition) is 6. The van der Waals surface area contributed by atoms with Crippen LogP contribution in [0.4, 0.5) is 5.69 Å². The van der Waals surface area contributed by atoms with E-state index in [9.17, 15) is 4.79 Å². The molecule has 0 aliphatic rings. The Labute approximate surface area is 188 Å². The van der Waals surface area contributed by atoms with Crippen LogP contribution >= 0.6 is 23.4 Å². The van der Waals surface area contributed by atoms with Crippen molar-refractivity contribution in [3.63, 3.8) is 0 Å². The van der Waals surface area contributed by atoms with Crippen molar-refractivity contribution < 1.29 is 13.9 Å². The van der Waals surface area contributed by atoms with Gasteiger partial charge in [-0.25, -0.2) is 0 Å². The summed E-state index contributed by atoms with van der Waals surface area (Å²) in [5, 5.41) is 12.4. The SMILES string of the molecule is CCn1c(SCC(=O)Nc2ccc(Oc3ccccc3Cl)cc2)nnc1-c1ccco1. The monoisotopic (exact) mass is 454 g/mol. The molecule has 0 atom stereocenters. The van der Waals surface area contributed by atoms with Gasteiger partial charge in [-0.05, 0) is 55.5 Å². The summed E-state index contributed by atoms with van der Waals surface area (Å²) in [5.74, 6) is 2.55. The number of rotatable bonds is 8. The standard InChI is InChI=1S/C22H19ClN4O3S/c1-2-27-21(19-8-5-13-29-19)25-26-22(27)31-14-20(28)24-15-9-11-16(12-10-15)30-18-7-4-3-6-17(18)23/h3-13H,2,14H2,1H3,(H,24,28). The highest BCUT2D eigenvalue weighted by Gasteiger charge is 2.16. The molecule has 0 aliphatic carbocycles. The lowest BCUT2D eigenvalue weighted by Gasteiger charge is -2.09. The number of carbonyl (C=O) groups excluding carboxylic acids is 1. The van der Waals surface area contributed by atoms with E-state index < -0.39 is 0 Å². The van der Waals surface area contributed by atoms with Gasteiger partial charge in [-0.2, -0.15) is 0 Å². The van der Waals surface area contributed by atoms with E-state index >= 15 is 0 Å². The van der Waals surface area contributed by atoms with Gasteiger partial charge >= 0.3 is 0 Å². The number of nitrogens with one attached hydrogen (secondary N) is 1. The number of ether oxygens (including phenoxy) is 1. The second-order valence-electron chi connectivity index (χ2n) is 6.42. The predicted octanol–water partition coefficient (Wildman–Crippen LogP) is 5.73. The third kappa shape index (κ3) is 5.10. The summed E-state index contributed by atoms with van der Waals surface area (Å²) in [4.78, 5) is 12.4. The maximum Gasteiger partial charge on any atom is 0.234 e. The topological polar surface area (TPSA) is 82.2 Å². The van der Waals surface area contributed by atoms with Gasteiger partial charge in [0.25, 0.3) is 0 Å². The summed E-state index contributed by atoms with van der Waals surface area (Å²) in [5.41, 5.74) is 0.672. The van der Waals surface area contributed by atoms with Crippen molar-refractivity contribution in [2.75, 3.05) is 11.1 Å². The smallest absolute Gasteiger partial charge is 0.234 e. The van der Waals surface area contributed by atoms with Gasteiger partial charge in [0.1, 0.15) is 11.5 Å². The highest BCUT2D eigenvalue weighted by molar-refractivity contribution is 7.99. The molecule has 1 amide bonds. The second kappa shape index (κ2) is 9.72. The second-order valence-corrected chi connectivity index (χ2v) is 7.77. The molecular weight excluding hydrogens is 436 g/mol. The Morgan fingerprint density at radius 1 is 1.13 bits per heavy atom. The van der Waals surface area contributed by atoms with Crippen molar-refractivity contribution in [1.82, 2.24) is 14.8 Å². The van der Waals surface area contributed by atoms with Gasteiger partial charge < -0.3 is 14.5 Å². The average Bonchev–Trinajstić information content (AvgIpc) is 3.44. The summed E-state index contributed by atoms with van der Waals surface area (Å²) in [6.07, 6.45) is 1.59. The third-order valence-corrected chi connectivity index (χ3v) is 5.59. The number of anilines is 1. The summed E-state index contributed by atoms with van der Waals surface area (Å²) >= 11 is 7.43. The van der Waals surface area contributed by atoms with E-state index in [1.807, 2.05) is 29.7 Å². The van der Waals surface area contributed by atoms with Crippen molar-refractivity contribution in [3.8, 4) is 23.1 Å². The molecule has 158 valence electrons. The van der Waals surface area contributed by atoms with Gasteiger partial charge in [0, 0.05) is 12.2 Å². The maximum atomic E-state index is 12.4. The third-order valence-electron chi connectivity index (χ3n) is 4.31. The quantitative estimate of drug-likeness (QED) is 0.342. The molecule has 0 unspecified atom stereocenters. The Bertz CT molecular complexity index is 1160. The highest BCUT2D eigenvalue weighted by Crippen LogP contribution is 2.29. The summed E-state index contributed by atoms with van der Waals surface area (Å²) in [6.45, 7) is 2.66. The fourth-order valence-electron chi connectivity index (χ4n) is 2.86. The molecular formula is C22H19ClN4O3S. The molecule has 0 radical (unpaired) electrons. The number of nitrogens with zero attached hydrogens (tertiary/aromatic N) is 3. The van der Waals surface area contributed by atoms with Crippen LogP contribution in [0.5, 0.6) is 11.5 Å². The lowest BCUT2D eigenvalue weighted by molar-refractivity contribution is -0.113. The predicted molar refractivity (Wildman–Crippen MR) is 121 cm³/mol. The molecule has 2 aromatic carbocycles. The Morgan fingerprint density at radius 2 is 1.94 bits per heavy atom. The molecule has 2 aromatic heterocycles. The Balaban J connectivity index is 1.34. The molecule has 7 nitrogen and oxygen atoms in total. The highest BCUT2D eigenvalue weighted by atomic mass is 35.5. The molecule has 0 saturated heterocycles. The summed E-state index contributed by atoms with van der Waals surface area (Å²) in [7, 11) is 0. The van der Waals surface area contributed by atoms with Crippen LogP contribution in [0.3, 0.4) is 0 Å². The van der Waals surface area contributed by atoms with E-state index in [1.54, 1.807) is 48.7 Å². The van der Waals surface area contributed by atoms with Crippen LogP contribution in [0, 0.1) is 0 Å². The van der Waals surface area contributed by atoms with Gasteiger partial charge in [0.2, 0.25) is 5.91 Å². The number of amides is 1. The molecule has 4 rings (SSSR count). The van der Waals surface area contributed by atoms with Gasteiger partial charge in [-0.15, -0.1) is 10.2 Å². The van der Waals surface area contributed by atoms with E-state index in [0.717, 1.165) is 0 Å². The van der Waals surface area contributed by atoms with E-state index in [0.29, 0.717) is 45.5 Å². The Morgan fingerprint density at radius 3 is 2.65 bits per heavy atom. The molecule has 4 aromatic rings. The molecule has 31 heavy (non-hydrogen) atoms. The number of carbonyl (C=O) groups is 1. The first-order valence-corrected chi connectivity index (χ1v) is 10.9. The molecule has 0 aliphatic heterocycles. The number of hydrogen-bond donors (Lipinski definition) is 1. The maximum absolute atomic E-state index is 12.4. The van der Waals surface area contributed by atoms with Crippen molar-refractivity contribution >= 4 is 35.0 Å². The number of halogens is 1. The minimum Gasteiger partial charge on any atom is -0.461 e. The molecule has 2 heterocycles. The van der Waals surface area contributed by atoms with Crippen LogP contribution in [0.2, 0.25) is 5.02 Å². The van der Waals surface area contributed by atoms with Crippen molar-refractivity contribution in [2.45, 2.75) is 18.6 Å². The molecule has 0 fully saturated rings. The van der Waals surface area contributed by atoms with Gasteiger partial charge in [0.05, 0.1) is 17.0 Å². The molecule has 0 saturated carbocycles. The zero-order valence-electron chi connectivity index (χ0n) is 16.6. The summed E-state index contributed by atoms with van der Waals surface area (Å²) in [6, 6.07) is 18.0. The lowest BCUT2D eigenvalue weighted by atomic mass is 10.3. The van der Waals surface area contributed by atoms with Crippen molar-refractivity contribution in [3.05, 3.63) is 71.9 Å². The van der Waals surface area contributed by atoms with Gasteiger partial charge in [-0.3, -0.25) is 9.36 Å². The van der Waals surface area contributed by atoms with Crippen molar-refractivity contribution in [1.29, 1.82) is 0 Å². The average molecular weight is 455 g/mol. The first-order valence-electron chi connectivity index (χ1n) is 9.56. The number of thioether (sulfide) groups is 1. The van der Waals surface area contributed by atoms with Crippen LogP contribution in [0.15, 0.2) is 76.5 Å². The van der Waals surface area contributed by atoms with Crippen LogP contribution in [0.25, 0.3) is 11.6 Å². The van der Waals surface area contributed by atoms with Crippen LogP contribution in [-0.4, -0.2) is 26.4 Å². The van der Waals surface area contributed by atoms with E-state index in [2.05, 4.69) is 15.5 Å². The minimum atomic E-state index is -0.144. The fraction of sp³-hybridized carbons (Fsp3) is 0.136. The summed E-state index contributed by atoms with van der Waals surface area (Å²) < 4.78 is 13.1. The van der Waals surface area contributed by atoms with Crippen molar-refractivity contribution in [2.24, 2.45) is 0 Å². The molecule has 0 bridgehead atoms. The number of furan rings is 1. The van der Waals surface area contributed by atoms with E-state index in [4.69, 9.17) is 20.8 Å². The number of benzene rings is 2. The molecule has 1 N–H and O–H groups in total. The van der Waals surface area contributed by atoms with E-state index in [-0.39, 0.29) is 11.7 Å². The lowest BCUT2D eigenvalue weighted by Crippen LogP contribution is -2.14. The van der Waals surface area contributed by atoms with E-state index in [1.165, 1.54) is 11.8 Å². The van der Waals surface area contributed by atoms with Gasteiger partial charge in [-0.1, -0.05) is 35.5 Å². The largest absolute Gasteiger partial charge is 0.461 e. The molecule has 0 spiro atoms. The van der Waals surface area contributed by atoms with Crippen LogP contribution in [-0.2, 0) is 11.3 Å². The first-order chi connectivity index (χ1) is 15.1. The minimum absolute atomic E-state index is 0.144. The Hall–Kier alpha value is -3.23. The number of para-hydroxylation sites is 1. The zero-order valence-corrected chi connectivity index (χ0v) is 18.2. The van der Waals surface area contributed by atoms with Crippen LogP contribution in [0.1, 0.15) is 6.92 Å². The normalized spacial score (nSPS) is 10.8.